The van der Waals surface area contributed by atoms with Crippen LogP contribution < -0.4 is 5.32 Å². The molecule has 0 aliphatic carbocycles. The van der Waals surface area contributed by atoms with Crippen molar-refractivity contribution in [3.63, 3.8) is 0 Å². The van der Waals surface area contributed by atoms with Gasteiger partial charge in [0.1, 0.15) is 29.6 Å². The van der Waals surface area contributed by atoms with E-state index in [4.69, 9.17) is 0 Å². The molecule has 2 aliphatic heterocycles. The highest BCUT2D eigenvalue weighted by Crippen LogP contribution is 2.33. The molecule has 0 aromatic heterocycles. The molecule has 11 heteroatoms. The molecule has 2 aliphatic rings. The zero-order valence-corrected chi connectivity index (χ0v) is 23.7. The maximum atomic E-state index is 14.8. The zero-order chi connectivity index (χ0) is 30.7. The number of halogens is 2. The Morgan fingerprint density at radius 1 is 1.05 bits per heavy atom. The second-order valence-electron chi connectivity index (χ2n) is 10.7. The third-order valence-electron chi connectivity index (χ3n) is 7.83. The maximum absolute atomic E-state index is 14.8. The average Bonchev–Trinajstić information content (AvgIpc) is 2.99. The van der Waals surface area contributed by atoms with Crippen LogP contribution in [0.5, 0.6) is 5.75 Å². The summed E-state index contributed by atoms with van der Waals surface area (Å²) >= 11 is 0. The summed E-state index contributed by atoms with van der Waals surface area (Å²) in [5, 5.41) is 15.7. The van der Waals surface area contributed by atoms with Crippen LogP contribution in [0.4, 0.5) is 13.6 Å². The molecule has 224 valence electrons. The highest BCUT2D eigenvalue weighted by Gasteiger charge is 2.54. The van der Waals surface area contributed by atoms with Crippen molar-refractivity contribution in [2.45, 2.75) is 44.7 Å². The van der Waals surface area contributed by atoms with Crippen LogP contribution in [0.2, 0.25) is 0 Å². The lowest BCUT2D eigenvalue weighted by Crippen LogP contribution is -2.79. The number of nitrogens with zero attached hydrogens (tertiary/aromatic N) is 4. The van der Waals surface area contributed by atoms with E-state index in [0.29, 0.717) is 5.56 Å². The number of aromatic hydroxyl groups is 1. The van der Waals surface area contributed by atoms with E-state index in [9.17, 15) is 28.3 Å². The second kappa shape index (κ2) is 12.6. The van der Waals surface area contributed by atoms with Gasteiger partial charge in [-0.2, -0.15) is 0 Å². The standard InChI is InChI=1S/C32H33F2N5O4/c1-3-15-36-20-29(41)38-28(16-22-9-13-26(40)14-10-22)31(42)37(19-24-11-12-25(33)17-27(24)34)21(2)30(38)39(36)32(43)35-18-23-7-5-4-6-8-23/h3-14,17,21,28,30,40H,1,15-16,18-20H2,2H3,(H,35,43)/t21-,28-,30-/m0/s1. The minimum atomic E-state index is -1.03. The topological polar surface area (TPSA) is 96.4 Å². The molecule has 9 nitrogen and oxygen atoms in total. The smallest absolute Gasteiger partial charge is 0.334 e. The van der Waals surface area contributed by atoms with E-state index in [-0.39, 0.29) is 49.8 Å². The van der Waals surface area contributed by atoms with E-state index in [1.54, 1.807) is 30.1 Å². The molecular weight excluding hydrogens is 556 g/mol. The fourth-order valence-corrected chi connectivity index (χ4v) is 5.71. The fraction of sp³-hybridized carbons (Fsp3) is 0.281. The zero-order valence-electron chi connectivity index (χ0n) is 23.7. The van der Waals surface area contributed by atoms with Crippen LogP contribution in [-0.2, 0) is 29.1 Å². The lowest BCUT2D eigenvalue weighted by molar-refractivity contribution is -0.198. The molecule has 0 radical (unpaired) electrons. The Morgan fingerprint density at radius 2 is 1.77 bits per heavy atom. The molecule has 43 heavy (non-hydrogen) atoms. The Morgan fingerprint density at radius 3 is 2.44 bits per heavy atom. The third-order valence-corrected chi connectivity index (χ3v) is 7.83. The van der Waals surface area contributed by atoms with Crippen molar-refractivity contribution < 1.29 is 28.3 Å². The molecule has 3 aromatic carbocycles. The first-order valence-corrected chi connectivity index (χ1v) is 14.0. The van der Waals surface area contributed by atoms with Crippen molar-refractivity contribution >= 4 is 17.8 Å². The maximum Gasteiger partial charge on any atom is 0.334 e. The monoisotopic (exact) mass is 589 g/mol. The molecule has 0 saturated carbocycles. The first-order chi connectivity index (χ1) is 20.7. The number of urea groups is 1. The van der Waals surface area contributed by atoms with Crippen molar-refractivity contribution in [3.05, 3.63) is 114 Å². The van der Waals surface area contributed by atoms with Gasteiger partial charge in [-0.05, 0) is 36.2 Å². The van der Waals surface area contributed by atoms with Crippen LogP contribution in [0.1, 0.15) is 23.6 Å². The van der Waals surface area contributed by atoms with Gasteiger partial charge in [0.2, 0.25) is 11.8 Å². The molecule has 2 saturated heterocycles. The van der Waals surface area contributed by atoms with E-state index in [2.05, 4.69) is 11.9 Å². The molecule has 4 amide bonds. The SMILES string of the molecule is C=CCN1CC(=O)N2[C@@H](Cc3ccc(O)cc3)C(=O)N(Cc3ccc(F)cc3F)[C@@H](C)[C@@H]2N1C(=O)NCc1ccccc1. The lowest BCUT2D eigenvalue weighted by Gasteiger charge is -2.57. The van der Waals surface area contributed by atoms with Gasteiger partial charge in [-0.3, -0.25) is 9.59 Å². The van der Waals surface area contributed by atoms with Crippen LogP contribution in [0.3, 0.4) is 0 Å². The van der Waals surface area contributed by atoms with E-state index in [1.807, 2.05) is 30.3 Å². The summed E-state index contributed by atoms with van der Waals surface area (Å²) in [6, 6.07) is 16.5. The number of piperazine rings is 1. The van der Waals surface area contributed by atoms with Gasteiger partial charge in [0, 0.05) is 37.7 Å². The highest BCUT2D eigenvalue weighted by molar-refractivity contribution is 5.92. The Balaban J connectivity index is 1.54. The largest absolute Gasteiger partial charge is 0.508 e. The van der Waals surface area contributed by atoms with Crippen LogP contribution in [0.15, 0.2) is 85.5 Å². The number of phenols is 1. The molecule has 0 spiro atoms. The number of hydrazine groups is 1. The molecule has 0 unspecified atom stereocenters. The summed E-state index contributed by atoms with van der Waals surface area (Å²) in [6.07, 6.45) is 0.732. The van der Waals surface area contributed by atoms with Crippen LogP contribution >= 0.6 is 0 Å². The number of benzene rings is 3. The minimum absolute atomic E-state index is 0.0500. The number of carbonyl (C=O) groups is 3. The van der Waals surface area contributed by atoms with E-state index in [0.717, 1.165) is 17.7 Å². The summed E-state index contributed by atoms with van der Waals surface area (Å²) in [4.78, 5) is 44.6. The number of hydrogen-bond donors (Lipinski definition) is 2. The average molecular weight is 590 g/mol. The quantitative estimate of drug-likeness (QED) is 0.390. The first kappa shape index (κ1) is 29.7. The number of amides is 4. The molecule has 3 aromatic rings. The summed E-state index contributed by atoms with van der Waals surface area (Å²) < 4.78 is 28.5. The van der Waals surface area contributed by atoms with Gasteiger partial charge in [-0.25, -0.2) is 23.6 Å². The molecule has 3 atom stereocenters. The molecule has 5 rings (SSSR count). The number of phenolic OH excluding ortho intramolecular Hbond substituents is 1. The minimum Gasteiger partial charge on any atom is -0.508 e. The molecular formula is C32H33F2N5O4. The number of rotatable bonds is 8. The fourth-order valence-electron chi connectivity index (χ4n) is 5.71. The third kappa shape index (κ3) is 6.21. The molecule has 0 bridgehead atoms. The Hall–Kier alpha value is -4.77. The number of hydrogen-bond acceptors (Lipinski definition) is 5. The van der Waals surface area contributed by atoms with Gasteiger partial charge in [-0.1, -0.05) is 54.6 Å². The van der Waals surface area contributed by atoms with Crippen molar-refractivity contribution in [1.82, 2.24) is 25.1 Å². The van der Waals surface area contributed by atoms with Crippen molar-refractivity contribution in [2.24, 2.45) is 0 Å². The van der Waals surface area contributed by atoms with E-state index >= 15 is 0 Å². The Kier molecular flexibility index (Phi) is 8.72. The normalized spacial score (nSPS) is 20.6. The second-order valence-corrected chi connectivity index (χ2v) is 10.7. The number of carbonyl (C=O) groups excluding carboxylic acids is 3. The molecule has 2 fully saturated rings. The van der Waals surface area contributed by atoms with Gasteiger partial charge in [0.25, 0.3) is 0 Å². The van der Waals surface area contributed by atoms with E-state index in [1.165, 1.54) is 33.0 Å². The van der Waals surface area contributed by atoms with Gasteiger partial charge in [0.15, 0.2) is 0 Å². The van der Waals surface area contributed by atoms with Crippen molar-refractivity contribution in [2.75, 3.05) is 13.1 Å². The molecule has 2 N–H and O–H groups in total. The lowest BCUT2D eigenvalue weighted by atomic mass is 9.94. The molecule has 2 heterocycles. The van der Waals surface area contributed by atoms with Gasteiger partial charge in [-0.15, -0.1) is 6.58 Å². The Labute approximate surface area is 248 Å². The summed E-state index contributed by atoms with van der Waals surface area (Å²) in [5.74, 6) is -2.28. The first-order valence-electron chi connectivity index (χ1n) is 14.0. The van der Waals surface area contributed by atoms with E-state index < -0.39 is 41.8 Å². The predicted molar refractivity (Wildman–Crippen MR) is 155 cm³/mol. The van der Waals surface area contributed by atoms with Gasteiger partial charge >= 0.3 is 6.03 Å². The number of fused-ring (bicyclic) bond motifs is 1. The van der Waals surface area contributed by atoms with Crippen LogP contribution in [0, 0.1) is 11.6 Å². The van der Waals surface area contributed by atoms with Crippen LogP contribution in [0.25, 0.3) is 0 Å². The predicted octanol–water partition coefficient (Wildman–Crippen LogP) is 3.80. The summed E-state index contributed by atoms with van der Waals surface area (Å²) in [5.41, 5.74) is 1.66. The van der Waals surface area contributed by atoms with Gasteiger partial charge in [0.05, 0.1) is 12.6 Å². The van der Waals surface area contributed by atoms with Gasteiger partial charge < -0.3 is 20.2 Å². The summed E-state index contributed by atoms with van der Waals surface area (Å²) in [7, 11) is 0. The van der Waals surface area contributed by atoms with Crippen LogP contribution in [-0.4, -0.2) is 74.1 Å². The summed E-state index contributed by atoms with van der Waals surface area (Å²) in [6.45, 7) is 5.54. The van der Waals surface area contributed by atoms with Crippen molar-refractivity contribution in [1.29, 1.82) is 0 Å². The number of nitrogens with one attached hydrogen (secondary N) is 1. The Bertz CT molecular complexity index is 1500. The van der Waals surface area contributed by atoms with Crippen molar-refractivity contribution in [3.8, 4) is 5.75 Å². The highest BCUT2D eigenvalue weighted by atomic mass is 19.1.